The number of aromatic nitrogens is 1. The van der Waals surface area contributed by atoms with Crippen molar-refractivity contribution in [3.8, 4) is 0 Å². The van der Waals surface area contributed by atoms with Crippen LogP contribution >= 0.6 is 0 Å². The Hall–Kier alpha value is -3.02. The molecule has 0 radical (unpaired) electrons. The molecule has 0 bridgehead atoms. The van der Waals surface area contributed by atoms with E-state index in [2.05, 4.69) is 17.4 Å². The Bertz CT molecular complexity index is 1040. The fraction of sp³-hybridized carbons (Fsp3) is 0.448. The van der Waals surface area contributed by atoms with Crippen LogP contribution in [0, 0.1) is 11.6 Å². The number of hydrogen-bond acceptors (Lipinski definition) is 3. The van der Waals surface area contributed by atoms with Crippen molar-refractivity contribution in [2.75, 3.05) is 5.32 Å². The maximum atomic E-state index is 14.1. The van der Waals surface area contributed by atoms with E-state index in [1.165, 1.54) is 57.4 Å². The predicted molar refractivity (Wildman–Crippen MR) is 135 cm³/mol. The first-order valence-electron chi connectivity index (χ1n) is 12.8. The van der Waals surface area contributed by atoms with Gasteiger partial charge in [-0.3, -0.25) is 4.79 Å². The maximum Gasteiger partial charge on any atom is 0.239 e. The summed E-state index contributed by atoms with van der Waals surface area (Å²) in [4.78, 5) is 13.1. The Labute approximate surface area is 207 Å². The van der Waals surface area contributed by atoms with Crippen LogP contribution in [0.1, 0.15) is 94.1 Å². The summed E-state index contributed by atoms with van der Waals surface area (Å²) >= 11 is 0. The topological polar surface area (TPSA) is 55.1 Å². The number of benzene rings is 2. The summed E-state index contributed by atoms with van der Waals surface area (Å²) in [5.74, 6) is -2.40. The summed E-state index contributed by atoms with van der Waals surface area (Å²) in [5.41, 5.74) is 1.43. The van der Waals surface area contributed by atoms with Crippen LogP contribution in [0.15, 0.2) is 59.1 Å². The van der Waals surface area contributed by atoms with Crippen LogP contribution in [-0.2, 0) is 11.2 Å². The number of aryl methyl sites for hydroxylation is 1. The zero-order chi connectivity index (χ0) is 24.9. The van der Waals surface area contributed by atoms with Gasteiger partial charge >= 0.3 is 0 Å². The molecule has 1 N–H and O–H groups in total. The number of carbonyl (C=O) groups is 1. The quantitative estimate of drug-likeness (QED) is 0.222. The third-order valence-electron chi connectivity index (χ3n) is 6.23. The molecular formula is C29H36F2N2O2. The van der Waals surface area contributed by atoms with E-state index in [1.54, 1.807) is 0 Å². The van der Waals surface area contributed by atoms with Crippen molar-refractivity contribution in [1.29, 1.82) is 0 Å². The monoisotopic (exact) mass is 482 g/mol. The van der Waals surface area contributed by atoms with Crippen molar-refractivity contribution in [2.45, 2.75) is 83.5 Å². The zero-order valence-electron chi connectivity index (χ0n) is 20.6. The van der Waals surface area contributed by atoms with Gasteiger partial charge in [0.2, 0.25) is 5.91 Å². The second-order valence-corrected chi connectivity index (χ2v) is 9.11. The fourth-order valence-electron chi connectivity index (χ4n) is 4.26. The van der Waals surface area contributed by atoms with E-state index in [-0.39, 0.29) is 5.69 Å². The lowest BCUT2D eigenvalue weighted by Gasteiger charge is -2.15. The molecule has 3 aromatic rings. The Morgan fingerprint density at radius 1 is 0.886 bits per heavy atom. The molecule has 1 heterocycles. The van der Waals surface area contributed by atoms with Crippen molar-refractivity contribution >= 4 is 11.6 Å². The van der Waals surface area contributed by atoms with Gasteiger partial charge in [0.1, 0.15) is 17.6 Å². The van der Waals surface area contributed by atoms with Crippen molar-refractivity contribution in [3.63, 3.8) is 0 Å². The van der Waals surface area contributed by atoms with E-state index < -0.39 is 23.5 Å². The van der Waals surface area contributed by atoms with Crippen LogP contribution in [0.3, 0.4) is 0 Å². The number of amides is 1. The molecule has 0 unspecified atom stereocenters. The Morgan fingerprint density at radius 2 is 1.54 bits per heavy atom. The molecule has 2 aromatic carbocycles. The van der Waals surface area contributed by atoms with Crippen LogP contribution in [0.5, 0.6) is 0 Å². The molecule has 188 valence electrons. The van der Waals surface area contributed by atoms with E-state index in [0.717, 1.165) is 37.1 Å². The van der Waals surface area contributed by atoms with Gasteiger partial charge < -0.3 is 9.84 Å². The summed E-state index contributed by atoms with van der Waals surface area (Å²) < 4.78 is 32.9. The number of hydrogen-bond donors (Lipinski definition) is 1. The van der Waals surface area contributed by atoms with Crippen LogP contribution < -0.4 is 5.32 Å². The van der Waals surface area contributed by atoms with E-state index in [4.69, 9.17) is 4.52 Å². The van der Waals surface area contributed by atoms with Gasteiger partial charge in [0.15, 0.2) is 5.76 Å². The largest absolute Gasteiger partial charge is 0.360 e. The summed E-state index contributed by atoms with van der Waals surface area (Å²) in [7, 11) is 0. The molecule has 35 heavy (non-hydrogen) atoms. The van der Waals surface area contributed by atoms with Crippen molar-refractivity contribution in [2.24, 2.45) is 0 Å². The van der Waals surface area contributed by atoms with Crippen molar-refractivity contribution in [3.05, 3.63) is 83.2 Å². The number of halogens is 2. The van der Waals surface area contributed by atoms with Gasteiger partial charge in [0.05, 0.1) is 11.4 Å². The molecule has 0 aliphatic heterocycles. The highest BCUT2D eigenvalue weighted by Crippen LogP contribution is 2.28. The number of carbonyl (C=O) groups excluding carboxylic acids is 1. The number of anilines is 1. The number of nitrogens with zero attached hydrogens (tertiary/aromatic N) is 1. The van der Waals surface area contributed by atoms with E-state index in [1.807, 2.05) is 36.4 Å². The molecule has 0 fully saturated rings. The van der Waals surface area contributed by atoms with Gasteiger partial charge in [-0.05, 0) is 30.5 Å². The molecule has 6 heteroatoms. The van der Waals surface area contributed by atoms with Gasteiger partial charge in [-0.2, -0.15) is 0 Å². The summed E-state index contributed by atoms with van der Waals surface area (Å²) in [6.45, 7) is 2.24. The van der Waals surface area contributed by atoms with Gasteiger partial charge in [-0.1, -0.05) is 100 Å². The highest BCUT2D eigenvalue weighted by Gasteiger charge is 2.27. The Morgan fingerprint density at radius 3 is 2.20 bits per heavy atom. The first kappa shape index (κ1) is 26.6. The molecule has 0 aliphatic rings. The molecule has 0 aliphatic carbocycles. The molecule has 4 nitrogen and oxygen atoms in total. The van der Waals surface area contributed by atoms with Crippen LogP contribution in [-0.4, -0.2) is 11.1 Å². The fourth-order valence-corrected chi connectivity index (χ4v) is 4.26. The average molecular weight is 483 g/mol. The van der Waals surface area contributed by atoms with Crippen molar-refractivity contribution < 1.29 is 18.1 Å². The SMILES string of the molecule is CCCCCCCCCCCCc1cc([C@@H](C(=O)Nc2ccc(F)cc2F)c2ccccc2)on1. The minimum atomic E-state index is -0.829. The van der Waals surface area contributed by atoms with Crippen LogP contribution in [0.2, 0.25) is 0 Å². The van der Waals surface area contributed by atoms with Gasteiger partial charge in [-0.15, -0.1) is 0 Å². The van der Waals surface area contributed by atoms with Crippen LogP contribution in [0.25, 0.3) is 0 Å². The zero-order valence-corrected chi connectivity index (χ0v) is 20.6. The van der Waals surface area contributed by atoms with E-state index in [9.17, 15) is 13.6 Å². The molecule has 1 atom stereocenters. The lowest BCUT2D eigenvalue weighted by Crippen LogP contribution is -2.22. The normalized spacial score (nSPS) is 12.0. The number of nitrogens with one attached hydrogen (secondary N) is 1. The number of rotatable bonds is 15. The second-order valence-electron chi connectivity index (χ2n) is 9.11. The molecule has 0 saturated carbocycles. The smallest absolute Gasteiger partial charge is 0.239 e. The summed E-state index contributed by atoms with van der Waals surface area (Å²) in [5, 5.41) is 6.74. The van der Waals surface area contributed by atoms with Crippen molar-refractivity contribution in [1.82, 2.24) is 5.16 Å². The summed E-state index contributed by atoms with van der Waals surface area (Å²) in [6, 6.07) is 14.0. The molecule has 3 rings (SSSR count). The number of unbranched alkanes of at least 4 members (excludes halogenated alkanes) is 9. The molecule has 1 amide bonds. The average Bonchev–Trinajstić information content (AvgIpc) is 3.31. The minimum Gasteiger partial charge on any atom is -0.360 e. The lowest BCUT2D eigenvalue weighted by molar-refractivity contribution is -0.117. The first-order chi connectivity index (χ1) is 17.1. The van der Waals surface area contributed by atoms with E-state index >= 15 is 0 Å². The van der Waals surface area contributed by atoms with Gasteiger partial charge in [0.25, 0.3) is 0 Å². The molecular weight excluding hydrogens is 446 g/mol. The third kappa shape index (κ3) is 8.61. The van der Waals surface area contributed by atoms with Gasteiger partial charge in [-0.25, -0.2) is 8.78 Å². The Balaban J connectivity index is 1.55. The standard InChI is InChI=1S/C29H36F2N2O2/c1-2-3-4-5-6-7-8-9-10-14-17-24-21-27(35-33-24)28(22-15-12-11-13-16-22)29(34)32-26-19-18-23(30)20-25(26)31/h11-13,15-16,18-21,28H,2-10,14,17H2,1H3,(H,32,34)/t28-/m0/s1. The first-order valence-corrected chi connectivity index (χ1v) is 12.8. The molecule has 0 saturated heterocycles. The lowest BCUT2D eigenvalue weighted by atomic mass is 9.95. The van der Waals surface area contributed by atoms with Gasteiger partial charge in [0, 0.05) is 12.1 Å². The summed E-state index contributed by atoms with van der Waals surface area (Å²) in [6.07, 6.45) is 13.4. The predicted octanol–water partition coefficient (Wildman–Crippen LogP) is 8.19. The van der Waals surface area contributed by atoms with E-state index in [0.29, 0.717) is 11.3 Å². The van der Waals surface area contributed by atoms with Crippen LogP contribution in [0.4, 0.5) is 14.5 Å². The highest BCUT2D eigenvalue weighted by molar-refractivity contribution is 5.97. The minimum absolute atomic E-state index is 0.0811. The second kappa shape index (κ2) is 14.4. The molecule has 0 spiro atoms. The Kier molecular flexibility index (Phi) is 10.9. The molecule has 1 aromatic heterocycles. The third-order valence-corrected chi connectivity index (χ3v) is 6.23. The maximum absolute atomic E-state index is 14.1. The highest BCUT2D eigenvalue weighted by atomic mass is 19.1.